The smallest absolute Gasteiger partial charge is 0.407 e. The molecule has 0 radical (unpaired) electrons. The fourth-order valence-corrected chi connectivity index (χ4v) is 2.55. The number of nitrogens with zero attached hydrogens (tertiary/aromatic N) is 1. The molecule has 2 atom stereocenters. The van der Waals surface area contributed by atoms with Crippen molar-refractivity contribution in [2.45, 2.75) is 18.6 Å². The monoisotopic (exact) mass is 252 g/mol. The van der Waals surface area contributed by atoms with Gasteiger partial charge in [-0.1, -0.05) is 0 Å². The van der Waals surface area contributed by atoms with E-state index in [1.54, 1.807) is 0 Å². The van der Waals surface area contributed by atoms with Crippen LogP contribution in [0.25, 0.3) is 0 Å². The average molecular weight is 252 g/mol. The Morgan fingerprint density at radius 1 is 1.56 bits per heavy atom. The maximum absolute atomic E-state index is 11.1. The van der Waals surface area contributed by atoms with Crippen LogP contribution in [-0.2, 0) is 14.8 Å². The number of nitrogens with one attached hydrogen (secondary N) is 1. The molecule has 16 heavy (non-hydrogen) atoms. The topological polar surface area (TPSA) is 95.9 Å². The highest BCUT2D eigenvalue weighted by molar-refractivity contribution is 7.88. The summed E-state index contributed by atoms with van der Waals surface area (Å²) in [5.41, 5.74) is 0. The third-order valence-corrected chi connectivity index (χ3v) is 3.22. The summed E-state index contributed by atoms with van der Waals surface area (Å²) < 4.78 is 29.7. The van der Waals surface area contributed by atoms with Gasteiger partial charge in [0, 0.05) is 20.2 Å². The zero-order valence-electron chi connectivity index (χ0n) is 9.21. The zero-order valence-corrected chi connectivity index (χ0v) is 10.0. The number of amides is 1. The standard InChI is InChI=1S/C8H16N2O5S/c1-15-7-3-4-10(8(11)12)5-6(7)9-16(2,13)14/h6-7,9H,3-5H2,1-2H3,(H,11,12). The predicted octanol–water partition coefficient (Wildman–Crippen LogP) is -0.697. The first-order chi connectivity index (χ1) is 7.33. The number of piperidine rings is 1. The number of carboxylic acid groups (broad SMARTS) is 1. The number of hydrogen-bond acceptors (Lipinski definition) is 4. The van der Waals surface area contributed by atoms with E-state index in [1.807, 2.05) is 0 Å². The molecule has 0 aromatic heterocycles. The molecule has 1 aliphatic heterocycles. The maximum atomic E-state index is 11.1. The Bertz CT molecular complexity index is 355. The summed E-state index contributed by atoms with van der Waals surface area (Å²) in [5.74, 6) is 0. The van der Waals surface area contributed by atoms with Crippen molar-refractivity contribution in [2.24, 2.45) is 0 Å². The summed E-state index contributed by atoms with van der Waals surface area (Å²) in [6.07, 6.45) is 0.190. The molecule has 2 unspecified atom stereocenters. The second kappa shape index (κ2) is 4.98. The van der Waals surface area contributed by atoms with Gasteiger partial charge in [0.25, 0.3) is 0 Å². The van der Waals surface area contributed by atoms with Gasteiger partial charge in [0.1, 0.15) is 0 Å². The van der Waals surface area contributed by atoms with Gasteiger partial charge in [-0.3, -0.25) is 0 Å². The maximum Gasteiger partial charge on any atom is 0.407 e. The molecule has 1 heterocycles. The molecule has 8 heteroatoms. The Labute approximate surface area is 94.4 Å². The van der Waals surface area contributed by atoms with E-state index in [2.05, 4.69) is 4.72 Å². The second-order valence-corrected chi connectivity index (χ2v) is 5.57. The summed E-state index contributed by atoms with van der Waals surface area (Å²) in [4.78, 5) is 11.9. The quantitative estimate of drug-likeness (QED) is 0.692. The number of methoxy groups -OCH3 is 1. The van der Waals surface area contributed by atoms with Crippen molar-refractivity contribution in [1.29, 1.82) is 0 Å². The van der Waals surface area contributed by atoms with Gasteiger partial charge in [0.05, 0.1) is 18.4 Å². The first kappa shape index (κ1) is 13.2. The Morgan fingerprint density at radius 2 is 2.19 bits per heavy atom. The van der Waals surface area contributed by atoms with Crippen LogP contribution in [-0.4, -0.2) is 63.1 Å². The van der Waals surface area contributed by atoms with Crippen molar-refractivity contribution in [1.82, 2.24) is 9.62 Å². The molecule has 1 aliphatic rings. The predicted molar refractivity (Wildman–Crippen MR) is 56.8 cm³/mol. The lowest BCUT2D eigenvalue weighted by atomic mass is 10.0. The molecule has 1 rings (SSSR count). The fourth-order valence-electron chi connectivity index (χ4n) is 1.77. The van der Waals surface area contributed by atoms with Gasteiger partial charge in [-0.05, 0) is 6.42 Å². The zero-order chi connectivity index (χ0) is 12.3. The highest BCUT2D eigenvalue weighted by atomic mass is 32.2. The van der Waals surface area contributed by atoms with Crippen LogP contribution in [0.4, 0.5) is 4.79 Å². The van der Waals surface area contributed by atoms with Gasteiger partial charge in [-0.25, -0.2) is 17.9 Å². The summed E-state index contributed by atoms with van der Waals surface area (Å²) in [6, 6.07) is -0.523. The van der Waals surface area contributed by atoms with Crippen LogP contribution in [0.1, 0.15) is 6.42 Å². The molecule has 0 aliphatic carbocycles. The summed E-state index contributed by atoms with van der Waals surface area (Å²) in [5, 5.41) is 8.82. The molecule has 0 bridgehead atoms. The van der Waals surface area contributed by atoms with Crippen LogP contribution in [0.5, 0.6) is 0 Å². The number of ether oxygens (including phenoxy) is 1. The van der Waals surface area contributed by atoms with E-state index in [9.17, 15) is 13.2 Å². The first-order valence-electron chi connectivity index (χ1n) is 4.81. The molecule has 2 N–H and O–H groups in total. The van der Waals surface area contributed by atoms with E-state index in [0.717, 1.165) is 6.26 Å². The van der Waals surface area contributed by atoms with Crippen LogP contribution in [0, 0.1) is 0 Å². The van der Waals surface area contributed by atoms with Gasteiger partial charge in [0.2, 0.25) is 10.0 Å². The molecule has 0 saturated carbocycles. The van der Waals surface area contributed by atoms with E-state index in [1.165, 1.54) is 12.0 Å². The third-order valence-electron chi connectivity index (χ3n) is 2.49. The molecule has 1 saturated heterocycles. The average Bonchev–Trinajstić information content (AvgIpc) is 2.15. The lowest BCUT2D eigenvalue weighted by molar-refractivity contribution is 0.0220. The molecule has 0 aromatic carbocycles. The first-order valence-corrected chi connectivity index (χ1v) is 6.70. The minimum absolute atomic E-state index is 0.112. The van der Waals surface area contributed by atoms with Crippen LogP contribution < -0.4 is 4.72 Å². The number of hydrogen-bond donors (Lipinski definition) is 2. The van der Waals surface area contributed by atoms with Crippen molar-refractivity contribution in [2.75, 3.05) is 26.5 Å². The van der Waals surface area contributed by atoms with Crippen molar-refractivity contribution in [3.63, 3.8) is 0 Å². The fraction of sp³-hybridized carbons (Fsp3) is 0.875. The van der Waals surface area contributed by atoms with Crippen molar-refractivity contribution >= 4 is 16.1 Å². The normalized spacial score (nSPS) is 26.8. The van der Waals surface area contributed by atoms with Crippen LogP contribution in [0.15, 0.2) is 0 Å². The van der Waals surface area contributed by atoms with E-state index < -0.39 is 22.2 Å². The molecular weight excluding hydrogens is 236 g/mol. The highest BCUT2D eigenvalue weighted by Gasteiger charge is 2.33. The van der Waals surface area contributed by atoms with Crippen LogP contribution >= 0.6 is 0 Å². The van der Waals surface area contributed by atoms with E-state index in [4.69, 9.17) is 9.84 Å². The van der Waals surface area contributed by atoms with Gasteiger partial charge < -0.3 is 14.7 Å². The van der Waals surface area contributed by atoms with Gasteiger partial charge in [-0.2, -0.15) is 0 Å². The highest BCUT2D eigenvalue weighted by Crippen LogP contribution is 2.14. The molecule has 1 fully saturated rings. The molecule has 1 amide bonds. The molecular formula is C8H16N2O5S. The minimum atomic E-state index is -3.37. The van der Waals surface area contributed by atoms with Gasteiger partial charge in [0.15, 0.2) is 0 Å². The van der Waals surface area contributed by atoms with Crippen molar-refractivity contribution in [3.05, 3.63) is 0 Å². The van der Waals surface area contributed by atoms with E-state index >= 15 is 0 Å². The molecule has 7 nitrogen and oxygen atoms in total. The number of sulfonamides is 1. The van der Waals surface area contributed by atoms with Gasteiger partial charge in [-0.15, -0.1) is 0 Å². The van der Waals surface area contributed by atoms with Crippen molar-refractivity contribution < 1.29 is 23.1 Å². The Balaban J connectivity index is 2.71. The van der Waals surface area contributed by atoms with Crippen LogP contribution in [0.2, 0.25) is 0 Å². The Morgan fingerprint density at radius 3 is 2.62 bits per heavy atom. The summed E-state index contributed by atoms with van der Waals surface area (Å²) in [7, 11) is -1.88. The lowest BCUT2D eigenvalue weighted by Crippen LogP contribution is -2.56. The number of carbonyl (C=O) groups is 1. The van der Waals surface area contributed by atoms with Gasteiger partial charge >= 0.3 is 6.09 Å². The Hall–Kier alpha value is -0.860. The molecule has 0 aromatic rings. The second-order valence-electron chi connectivity index (χ2n) is 3.79. The van der Waals surface area contributed by atoms with E-state index in [0.29, 0.717) is 13.0 Å². The Kier molecular flexibility index (Phi) is 4.11. The number of rotatable bonds is 3. The largest absolute Gasteiger partial charge is 0.465 e. The lowest BCUT2D eigenvalue weighted by Gasteiger charge is -2.36. The van der Waals surface area contributed by atoms with Crippen LogP contribution in [0.3, 0.4) is 0 Å². The summed E-state index contributed by atoms with van der Waals surface area (Å²) in [6.45, 7) is 0.469. The molecule has 0 spiro atoms. The summed E-state index contributed by atoms with van der Waals surface area (Å²) >= 11 is 0. The van der Waals surface area contributed by atoms with E-state index in [-0.39, 0.29) is 12.6 Å². The van der Waals surface area contributed by atoms with Crippen molar-refractivity contribution in [3.8, 4) is 0 Å². The SMILES string of the molecule is COC1CCN(C(=O)O)CC1NS(C)(=O)=O. The third kappa shape index (κ3) is 3.62. The minimum Gasteiger partial charge on any atom is -0.465 e. The number of likely N-dealkylation sites (tertiary alicyclic amines) is 1. The molecule has 94 valence electrons.